The zero-order valence-corrected chi connectivity index (χ0v) is 19.6. The number of aromatic nitrogens is 4. The fraction of sp³-hybridized carbons (Fsp3) is 0.720. The van der Waals surface area contributed by atoms with Gasteiger partial charge in [0.05, 0.1) is 11.9 Å². The summed E-state index contributed by atoms with van der Waals surface area (Å²) >= 11 is 0. The van der Waals surface area contributed by atoms with E-state index in [2.05, 4.69) is 53.8 Å². The molecule has 168 valence electrons. The Morgan fingerprint density at radius 3 is 2.74 bits per heavy atom. The first-order chi connectivity index (χ1) is 14.7. The smallest absolute Gasteiger partial charge is 0.183 e. The summed E-state index contributed by atoms with van der Waals surface area (Å²) in [5, 5.41) is 12.8. The maximum atomic E-state index is 11.4. The number of rotatable bonds is 3. The van der Waals surface area contributed by atoms with Gasteiger partial charge in [-0.1, -0.05) is 32.9 Å². The second-order valence-electron chi connectivity index (χ2n) is 11.3. The molecule has 1 aliphatic heterocycles. The van der Waals surface area contributed by atoms with Crippen LogP contribution in [0, 0.1) is 22.7 Å². The second kappa shape index (κ2) is 7.03. The first kappa shape index (κ1) is 20.9. The second-order valence-corrected chi connectivity index (χ2v) is 11.3. The number of aryl methyl sites for hydroxylation is 1. The molecule has 5 atom stereocenters. The van der Waals surface area contributed by atoms with Crippen LogP contribution in [-0.4, -0.2) is 30.3 Å². The molecule has 2 aromatic rings. The zero-order chi connectivity index (χ0) is 22.0. The van der Waals surface area contributed by atoms with E-state index in [1.54, 1.807) is 0 Å². The number of hydroxylamine groups is 1. The van der Waals surface area contributed by atoms with Crippen LogP contribution in [0.3, 0.4) is 0 Å². The molecule has 2 aromatic heterocycles. The summed E-state index contributed by atoms with van der Waals surface area (Å²) < 4.78 is 2.09. The monoisotopic (exact) mass is 423 g/mol. The molecule has 5 rings (SSSR count). The van der Waals surface area contributed by atoms with Crippen molar-refractivity contribution in [2.45, 2.75) is 91.1 Å². The standard InChI is InChI=1S/C25H37N5O/c1-17-7-6-8-19-24(17,4)10-9-18(2)25(19,5)12-11-23(3)13-14-29-16-28-21-20(29)22(30(23)31)27-15-26-21/h15-16,18-19,31H,1,6-14H2,2-5H3/t18-,19+,23+,24?,25?/m1/s1. The van der Waals surface area contributed by atoms with E-state index in [-0.39, 0.29) is 16.4 Å². The number of imidazole rings is 1. The van der Waals surface area contributed by atoms with Crippen LogP contribution in [0.5, 0.6) is 0 Å². The molecule has 3 aliphatic rings. The van der Waals surface area contributed by atoms with Gasteiger partial charge in [0.2, 0.25) is 0 Å². The van der Waals surface area contributed by atoms with E-state index in [4.69, 9.17) is 0 Å². The number of hydrogen-bond donors (Lipinski definition) is 1. The van der Waals surface area contributed by atoms with Gasteiger partial charge in [-0.3, -0.25) is 5.21 Å². The van der Waals surface area contributed by atoms with Crippen LogP contribution in [-0.2, 0) is 6.54 Å². The highest BCUT2D eigenvalue weighted by Crippen LogP contribution is 2.63. The molecule has 2 fully saturated rings. The molecule has 0 aromatic carbocycles. The molecular weight excluding hydrogens is 386 g/mol. The average Bonchev–Trinajstić information content (AvgIpc) is 3.14. The first-order valence-corrected chi connectivity index (χ1v) is 12.0. The number of hydrogen-bond acceptors (Lipinski definition) is 5. The van der Waals surface area contributed by atoms with Crippen molar-refractivity contribution < 1.29 is 5.21 Å². The fourth-order valence-electron chi connectivity index (χ4n) is 7.10. The van der Waals surface area contributed by atoms with Crippen molar-refractivity contribution in [3.05, 3.63) is 24.8 Å². The van der Waals surface area contributed by atoms with Crippen LogP contribution >= 0.6 is 0 Å². The molecule has 2 unspecified atom stereocenters. The van der Waals surface area contributed by atoms with E-state index < -0.39 is 0 Å². The van der Waals surface area contributed by atoms with E-state index in [1.165, 1.54) is 49.1 Å². The molecule has 6 heteroatoms. The van der Waals surface area contributed by atoms with Crippen molar-refractivity contribution in [1.29, 1.82) is 0 Å². The van der Waals surface area contributed by atoms with Crippen LogP contribution in [0.25, 0.3) is 11.2 Å². The van der Waals surface area contributed by atoms with Crippen molar-refractivity contribution in [2.24, 2.45) is 22.7 Å². The third kappa shape index (κ3) is 2.97. The van der Waals surface area contributed by atoms with Gasteiger partial charge in [0.1, 0.15) is 11.8 Å². The van der Waals surface area contributed by atoms with Crippen molar-refractivity contribution in [3.63, 3.8) is 0 Å². The maximum absolute atomic E-state index is 11.4. The van der Waals surface area contributed by atoms with Crippen molar-refractivity contribution in [1.82, 2.24) is 19.5 Å². The fourth-order valence-corrected chi connectivity index (χ4v) is 7.10. The van der Waals surface area contributed by atoms with E-state index in [9.17, 15) is 5.21 Å². The Balaban J connectivity index is 1.44. The molecule has 31 heavy (non-hydrogen) atoms. The van der Waals surface area contributed by atoms with Gasteiger partial charge in [-0.15, -0.1) is 0 Å². The number of anilines is 1. The van der Waals surface area contributed by atoms with Gasteiger partial charge in [0.25, 0.3) is 0 Å². The van der Waals surface area contributed by atoms with Gasteiger partial charge in [-0.2, -0.15) is 0 Å². The largest absolute Gasteiger partial charge is 0.326 e. The Morgan fingerprint density at radius 2 is 1.94 bits per heavy atom. The number of nitrogens with zero attached hydrogens (tertiary/aromatic N) is 5. The van der Waals surface area contributed by atoms with Crippen LogP contribution in [0.15, 0.2) is 24.8 Å². The molecule has 0 bridgehead atoms. The van der Waals surface area contributed by atoms with Gasteiger partial charge in [-0.05, 0) is 81.0 Å². The predicted octanol–water partition coefficient (Wildman–Crippen LogP) is 5.76. The first-order valence-electron chi connectivity index (χ1n) is 12.0. The van der Waals surface area contributed by atoms with Crippen LogP contribution in [0.2, 0.25) is 0 Å². The molecule has 2 saturated carbocycles. The molecule has 6 nitrogen and oxygen atoms in total. The average molecular weight is 424 g/mol. The SMILES string of the molecule is C=C1CCC[C@H]2C1(C)CC[C@@H](C)C2(C)CC[C@@]1(C)CCn2cnc3ncnc(c32)N1O. The lowest BCUT2D eigenvalue weighted by atomic mass is 9.46. The molecule has 0 saturated heterocycles. The molecule has 2 aliphatic carbocycles. The van der Waals surface area contributed by atoms with Gasteiger partial charge in [0, 0.05) is 6.54 Å². The normalized spacial score (nSPS) is 38.2. The van der Waals surface area contributed by atoms with Gasteiger partial charge in [0.15, 0.2) is 11.5 Å². The van der Waals surface area contributed by atoms with Gasteiger partial charge < -0.3 is 4.57 Å². The maximum Gasteiger partial charge on any atom is 0.183 e. The van der Waals surface area contributed by atoms with Gasteiger partial charge >= 0.3 is 0 Å². The van der Waals surface area contributed by atoms with Gasteiger partial charge in [-0.25, -0.2) is 20.0 Å². The third-order valence-electron chi connectivity index (χ3n) is 9.76. The lowest BCUT2D eigenvalue weighted by Crippen LogP contribution is -2.52. The summed E-state index contributed by atoms with van der Waals surface area (Å²) in [6.07, 6.45) is 12.5. The Morgan fingerprint density at radius 1 is 1.13 bits per heavy atom. The Bertz CT molecular complexity index is 1020. The Hall–Kier alpha value is -1.95. The predicted molar refractivity (Wildman–Crippen MR) is 123 cm³/mol. The summed E-state index contributed by atoms with van der Waals surface area (Å²) in [5.41, 5.74) is 3.11. The Labute approximate surface area is 185 Å². The minimum absolute atomic E-state index is 0.254. The molecule has 0 radical (unpaired) electrons. The summed E-state index contributed by atoms with van der Waals surface area (Å²) in [6, 6.07) is 0. The lowest BCUT2D eigenvalue weighted by Gasteiger charge is -2.59. The van der Waals surface area contributed by atoms with E-state index in [0.717, 1.165) is 31.3 Å². The van der Waals surface area contributed by atoms with Crippen molar-refractivity contribution in [2.75, 3.05) is 5.06 Å². The summed E-state index contributed by atoms with van der Waals surface area (Å²) in [5.74, 6) is 1.94. The third-order valence-corrected chi connectivity index (χ3v) is 9.76. The zero-order valence-electron chi connectivity index (χ0n) is 19.6. The quantitative estimate of drug-likeness (QED) is 0.635. The number of allylic oxidation sites excluding steroid dienone is 1. The summed E-state index contributed by atoms with van der Waals surface area (Å²) in [6.45, 7) is 15.0. The highest BCUT2D eigenvalue weighted by molar-refractivity contribution is 5.83. The minimum Gasteiger partial charge on any atom is -0.326 e. The lowest BCUT2D eigenvalue weighted by molar-refractivity contribution is -0.0605. The molecule has 3 heterocycles. The molecular formula is C25H37N5O. The van der Waals surface area contributed by atoms with Crippen molar-refractivity contribution >= 4 is 17.0 Å². The van der Waals surface area contributed by atoms with E-state index >= 15 is 0 Å². The summed E-state index contributed by atoms with van der Waals surface area (Å²) in [4.78, 5) is 13.1. The van der Waals surface area contributed by atoms with Crippen LogP contribution < -0.4 is 5.06 Å². The summed E-state index contributed by atoms with van der Waals surface area (Å²) in [7, 11) is 0. The molecule has 1 N–H and O–H groups in total. The minimum atomic E-state index is -0.372. The van der Waals surface area contributed by atoms with E-state index in [0.29, 0.717) is 23.3 Å². The topological polar surface area (TPSA) is 67.1 Å². The van der Waals surface area contributed by atoms with E-state index in [1.807, 2.05) is 6.33 Å². The van der Waals surface area contributed by atoms with Crippen molar-refractivity contribution in [3.8, 4) is 0 Å². The van der Waals surface area contributed by atoms with Crippen LogP contribution in [0.4, 0.5) is 5.82 Å². The number of fused-ring (bicyclic) bond motifs is 1. The Kier molecular flexibility index (Phi) is 4.74. The molecule has 0 spiro atoms. The van der Waals surface area contributed by atoms with Crippen LogP contribution in [0.1, 0.15) is 79.1 Å². The highest BCUT2D eigenvalue weighted by Gasteiger charge is 2.54. The highest BCUT2D eigenvalue weighted by atomic mass is 16.5. The molecule has 0 amide bonds.